The van der Waals surface area contributed by atoms with Gasteiger partial charge in [0.05, 0.1) is 17.8 Å². The molecule has 0 aliphatic carbocycles. The highest BCUT2D eigenvalue weighted by atomic mass is 79.9. The van der Waals surface area contributed by atoms with Crippen LogP contribution < -0.4 is 20.2 Å². The van der Waals surface area contributed by atoms with Gasteiger partial charge in [0.25, 0.3) is 11.8 Å². The van der Waals surface area contributed by atoms with E-state index in [1.54, 1.807) is 36.4 Å². The summed E-state index contributed by atoms with van der Waals surface area (Å²) in [5.74, 6) is 0.294. The van der Waals surface area contributed by atoms with E-state index in [4.69, 9.17) is 9.47 Å². The molecule has 33 heavy (non-hydrogen) atoms. The summed E-state index contributed by atoms with van der Waals surface area (Å²) in [5.41, 5.74) is 5.18. The predicted molar refractivity (Wildman–Crippen MR) is 135 cm³/mol. The summed E-state index contributed by atoms with van der Waals surface area (Å²) in [6.07, 6.45) is 1.45. The number of rotatable bonds is 8. The summed E-state index contributed by atoms with van der Waals surface area (Å²) in [6.45, 7) is 1.75. The smallest absolute Gasteiger partial charge is 0.271 e. The van der Waals surface area contributed by atoms with Crippen LogP contribution >= 0.6 is 31.9 Å². The number of benzene rings is 3. The highest BCUT2D eigenvalue weighted by Crippen LogP contribution is 2.32. The Kier molecular flexibility index (Phi) is 8.62. The second-order valence-corrected chi connectivity index (χ2v) is 8.71. The van der Waals surface area contributed by atoms with Crippen molar-refractivity contribution < 1.29 is 19.1 Å². The van der Waals surface area contributed by atoms with Crippen molar-refractivity contribution in [3.05, 3.63) is 86.3 Å². The first-order valence-electron chi connectivity index (χ1n) is 9.81. The maximum absolute atomic E-state index is 12.4. The molecular formula is C24H21Br2N3O4. The van der Waals surface area contributed by atoms with Crippen LogP contribution in [0.15, 0.2) is 74.7 Å². The van der Waals surface area contributed by atoms with Gasteiger partial charge in [-0.1, -0.05) is 34.1 Å². The summed E-state index contributed by atoms with van der Waals surface area (Å²) in [5, 5.41) is 6.83. The van der Waals surface area contributed by atoms with E-state index in [0.717, 1.165) is 10.0 Å². The number of carbonyl (C=O) groups is 2. The number of hydrogen-bond acceptors (Lipinski definition) is 5. The molecule has 9 heteroatoms. The second-order valence-electron chi connectivity index (χ2n) is 6.94. The van der Waals surface area contributed by atoms with E-state index in [1.165, 1.54) is 13.3 Å². The van der Waals surface area contributed by atoms with Gasteiger partial charge in [0.1, 0.15) is 11.5 Å². The van der Waals surface area contributed by atoms with Gasteiger partial charge in [-0.05, 0) is 70.9 Å². The van der Waals surface area contributed by atoms with Gasteiger partial charge in [-0.25, -0.2) is 5.43 Å². The molecule has 2 amide bonds. The first-order chi connectivity index (χ1) is 15.9. The molecule has 0 fully saturated rings. The Morgan fingerprint density at radius 3 is 2.61 bits per heavy atom. The number of amides is 2. The lowest BCUT2D eigenvalue weighted by atomic mass is 10.2. The summed E-state index contributed by atoms with van der Waals surface area (Å²) < 4.78 is 12.3. The van der Waals surface area contributed by atoms with Crippen LogP contribution in [0.5, 0.6) is 11.5 Å². The lowest BCUT2D eigenvalue weighted by molar-refractivity contribution is -0.118. The predicted octanol–water partition coefficient (Wildman–Crippen LogP) is 5.31. The van der Waals surface area contributed by atoms with E-state index in [0.29, 0.717) is 32.8 Å². The molecule has 3 aromatic rings. The van der Waals surface area contributed by atoms with Crippen molar-refractivity contribution >= 4 is 55.6 Å². The standard InChI is InChI=1S/C24H21Br2N3O4/c1-15-5-3-7-19(9-15)28-22(30)14-33-23-17(10-18(25)12-21(23)26)13-27-29-24(31)16-6-4-8-20(11-16)32-2/h3-13H,14H2,1-2H3,(H,28,30)(H,29,31)/b27-13+. The van der Waals surface area contributed by atoms with Gasteiger partial charge in [0, 0.05) is 21.3 Å². The Morgan fingerprint density at radius 2 is 1.85 bits per heavy atom. The van der Waals surface area contributed by atoms with Crippen LogP contribution in [-0.4, -0.2) is 31.7 Å². The highest BCUT2D eigenvalue weighted by Gasteiger charge is 2.12. The highest BCUT2D eigenvalue weighted by molar-refractivity contribution is 9.11. The fourth-order valence-electron chi connectivity index (χ4n) is 2.88. The van der Waals surface area contributed by atoms with Crippen molar-refractivity contribution in [3.63, 3.8) is 0 Å². The van der Waals surface area contributed by atoms with Gasteiger partial charge in [0.2, 0.25) is 0 Å². The molecular weight excluding hydrogens is 554 g/mol. The van der Waals surface area contributed by atoms with Gasteiger partial charge in [-0.3, -0.25) is 9.59 Å². The zero-order valence-corrected chi connectivity index (χ0v) is 21.1. The Bertz CT molecular complexity index is 1200. The molecule has 0 bridgehead atoms. The minimum absolute atomic E-state index is 0.203. The molecule has 0 aliphatic heterocycles. The Balaban J connectivity index is 1.68. The molecule has 7 nitrogen and oxygen atoms in total. The molecule has 2 N–H and O–H groups in total. The maximum atomic E-state index is 12.4. The average Bonchev–Trinajstić information content (AvgIpc) is 2.78. The van der Waals surface area contributed by atoms with Crippen LogP contribution in [0.2, 0.25) is 0 Å². The first-order valence-corrected chi connectivity index (χ1v) is 11.4. The van der Waals surface area contributed by atoms with E-state index in [-0.39, 0.29) is 18.4 Å². The van der Waals surface area contributed by atoms with E-state index < -0.39 is 0 Å². The van der Waals surface area contributed by atoms with Crippen LogP contribution in [-0.2, 0) is 4.79 Å². The van der Waals surface area contributed by atoms with E-state index >= 15 is 0 Å². The number of methoxy groups -OCH3 is 1. The molecule has 0 aromatic heterocycles. The molecule has 3 rings (SSSR count). The first kappa shape index (κ1) is 24.5. The summed E-state index contributed by atoms with van der Waals surface area (Å²) in [6, 6.07) is 17.8. The fraction of sp³-hybridized carbons (Fsp3) is 0.125. The third-order valence-electron chi connectivity index (χ3n) is 4.39. The van der Waals surface area contributed by atoms with Gasteiger partial charge < -0.3 is 14.8 Å². The number of ether oxygens (including phenoxy) is 2. The van der Waals surface area contributed by atoms with Crippen molar-refractivity contribution in [1.82, 2.24) is 5.43 Å². The summed E-state index contributed by atoms with van der Waals surface area (Å²) in [7, 11) is 1.53. The molecule has 0 spiro atoms. The minimum atomic E-state index is -0.390. The summed E-state index contributed by atoms with van der Waals surface area (Å²) in [4.78, 5) is 24.7. The lowest BCUT2D eigenvalue weighted by Crippen LogP contribution is -2.21. The van der Waals surface area contributed by atoms with Crippen molar-refractivity contribution in [2.45, 2.75) is 6.92 Å². The topological polar surface area (TPSA) is 89.0 Å². The number of aryl methyl sites for hydroxylation is 1. The Hall–Kier alpha value is -3.17. The van der Waals surface area contributed by atoms with Crippen LogP contribution in [0.4, 0.5) is 5.69 Å². The monoisotopic (exact) mass is 573 g/mol. The molecule has 0 aliphatic rings. The summed E-state index contributed by atoms with van der Waals surface area (Å²) >= 11 is 6.87. The third-order valence-corrected chi connectivity index (χ3v) is 5.44. The van der Waals surface area contributed by atoms with Crippen LogP contribution in [0.1, 0.15) is 21.5 Å². The molecule has 0 heterocycles. The number of hydrogen-bond donors (Lipinski definition) is 2. The van der Waals surface area contributed by atoms with E-state index in [1.807, 2.05) is 31.2 Å². The molecule has 0 saturated heterocycles. The van der Waals surface area contributed by atoms with E-state index in [2.05, 4.69) is 47.7 Å². The van der Waals surface area contributed by atoms with Crippen LogP contribution in [0.3, 0.4) is 0 Å². The minimum Gasteiger partial charge on any atom is -0.497 e. The van der Waals surface area contributed by atoms with Gasteiger partial charge in [-0.2, -0.15) is 5.10 Å². The quantitative estimate of drug-likeness (QED) is 0.282. The largest absolute Gasteiger partial charge is 0.497 e. The van der Waals surface area contributed by atoms with Crippen LogP contribution in [0, 0.1) is 6.92 Å². The molecule has 0 unspecified atom stereocenters. The van der Waals surface area contributed by atoms with Crippen LogP contribution in [0.25, 0.3) is 0 Å². The zero-order chi connectivity index (χ0) is 23.8. The normalized spacial score (nSPS) is 10.7. The third kappa shape index (κ3) is 7.16. The molecule has 0 saturated carbocycles. The number of nitrogens with zero attached hydrogens (tertiary/aromatic N) is 1. The molecule has 3 aromatic carbocycles. The maximum Gasteiger partial charge on any atom is 0.271 e. The van der Waals surface area contributed by atoms with Gasteiger partial charge in [0.15, 0.2) is 6.61 Å². The van der Waals surface area contributed by atoms with Crippen molar-refractivity contribution in [1.29, 1.82) is 0 Å². The van der Waals surface area contributed by atoms with Gasteiger partial charge in [-0.15, -0.1) is 0 Å². The van der Waals surface area contributed by atoms with Crippen molar-refractivity contribution in [3.8, 4) is 11.5 Å². The second kappa shape index (κ2) is 11.6. The average molecular weight is 575 g/mol. The lowest BCUT2D eigenvalue weighted by Gasteiger charge is -2.12. The molecule has 0 atom stereocenters. The zero-order valence-electron chi connectivity index (χ0n) is 17.9. The fourth-order valence-corrected chi connectivity index (χ4v) is 4.25. The number of hydrazone groups is 1. The molecule has 170 valence electrons. The number of anilines is 1. The van der Waals surface area contributed by atoms with Gasteiger partial charge >= 0.3 is 0 Å². The van der Waals surface area contributed by atoms with Crippen molar-refractivity contribution in [2.75, 3.05) is 19.0 Å². The number of nitrogens with one attached hydrogen (secondary N) is 2. The Morgan fingerprint density at radius 1 is 1.06 bits per heavy atom. The Labute approximate surface area is 208 Å². The SMILES string of the molecule is COc1cccc(C(=O)N/N=C/c2cc(Br)cc(Br)c2OCC(=O)Nc2cccc(C)c2)c1. The van der Waals surface area contributed by atoms with E-state index in [9.17, 15) is 9.59 Å². The molecule has 0 radical (unpaired) electrons. The number of halogens is 2. The number of carbonyl (C=O) groups excluding carboxylic acids is 2. The van der Waals surface area contributed by atoms with Crippen molar-refractivity contribution in [2.24, 2.45) is 5.10 Å².